The highest BCUT2D eigenvalue weighted by Crippen LogP contribution is 2.22. The Hall–Kier alpha value is -0.660. The summed E-state index contributed by atoms with van der Waals surface area (Å²) in [6.45, 7) is 6.77. The van der Waals surface area contributed by atoms with E-state index >= 15 is 0 Å². The monoisotopic (exact) mass is 292 g/mol. The number of nitrogens with zero attached hydrogens (tertiary/aromatic N) is 1. The molecule has 0 aromatic rings. The van der Waals surface area contributed by atoms with Crippen LogP contribution >= 0.6 is 0 Å². The van der Waals surface area contributed by atoms with E-state index in [-0.39, 0.29) is 0 Å². The molecule has 1 heterocycles. The summed E-state index contributed by atoms with van der Waals surface area (Å²) < 4.78 is 28.1. The van der Waals surface area contributed by atoms with Crippen LogP contribution in [-0.4, -0.2) is 42.9 Å². The van der Waals surface area contributed by atoms with E-state index in [0.29, 0.717) is 37.8 Å². The molecule has 6 nitrogen and oxygen atoms in total. The molecule has 0 amide bonds. The maximum Gasteiger partial charge on any atom is 0.321 e. The van der Waals surface area contributed by atoms with Crippen LogP contribution in [0.25, 0.3) is 0 Å². The Balaban J connectivity index is 2.76. The van der Waals surface area contributed by atoms with Crippen molar-refractivity contribution in [3.63, 3.8) is 0 Å². The van der Waals surface area contributed by atoms with Gasteiger partial charge in [-0.3, -0.25) is 4.79 Å². The quantitative estimate of drug-likeness (QED) is 0.766. The van der Waals surface area contributed by atoms with Gasteiger partial charge in [-0.25, -0.2) is 0 Å². The number of rotatable bonds is 6. The smallest absolute Gasteiger partial charge is 0.321 e. The standard InChI is InChI=1S/C12H24N2O4S/c1-4-5-11(12(15)16)13-19(17,18)14-7-9(2)6-10(3)8-14/h9-11,13H,4-8H2,1-3H3,(H,15,16). The zero-order chi connectivity index (χ0) is 14.6. The van der Waals surface area contributed by atoms with Crippen molar-refractivity contribution in [1.29, 1.82) is 0 Å². The third kappa shape index (κ3) is 4.74. The van der Waals surface area contributed by atoms with E-state index in [0.717, 1.165) is 6.42 Å². The molecule has 0 saturated carbocycles. The number of nitrogens with one attached hydrogen (secondary N) is 1. The summed E-state index contributed by atoms with van der Waals surface area (Å²) in [5.74, 6) is -0.520. The zero-order valence-electron chi connectivity index (χ0n) is 11.8. The van der Waals surface area contributed by atoms with Crippen LogP contribution in [0, 0.1) is 11.8 Å². The number of piperidine rings is 1. The number of carbonyl (C=O) groups is 1. The summed E-state index contributed by atoms with van der Waals surface area (Å²) in [7, 11) is -3.71. The van der Waals surface area contributed by atoms with Crippen molar-refractivity contribution in [2.45, 2.75) is 46.1 Å². The highest BCUT2D eigenvalue weighted by molar-refractivity contribution is 7.87. The van der Waals surface area contributed by atoms with Crippen molar-refractivity contribution in [3.05, 3.63) is 0 Å². The second-order valence-corrected chi connectivity index (χ2v) is 7.27. The van der Waals surface area contributed by atoms with Crippen LogP contribution in [0.3, 0.4) is 0 Å². The van der Waals surface area contributed by atoms with Gasteiger partial charge in [0, 0.05) is 13.1 Å². The highest BCUT2D eigenvalue weighted by atomic mass is 32.2. The van der Waals surface area contributed by atoms with Crippen LogP contribution in [0.1, 0.15) is 40.0 Å². The van der Waals surface area contributed by atoms with Gasteiger partial charge in [0.2, 0.25) is 0 Å². The lowest BCUT2D eigenvalue weighted by Gasteiger charge is -2.34. The second-order valence-electron chi connectivity index (χ2n) is 5.57. The highest BCUT2D eigenvalue weighted by Gasteiger charge is 2.33. The van der Waals surface area contributed by atoms with Gasteiger partial charge in [0.05, 0.1) is 0 Å². The molecule has 1 aliphatic rings. The molecule has 7 heteroatoms. The molecule has 0 bridgehead atoms. The van der Waals surface area contributed by atoms with Gasteiger partial charge in [-0.05, 0) is 24.7 Å². The molecule has 0 aromatic heterocycles. The van der Waals surface area contributed by atoms with Gasteiger partial charge in [-0.15, -0.1) is 0 Å². The molecule has 1 rings (SSSR count). The predicted octanol–water partition coefficient (Wildman–Crippen LogP) is 1.05. The van der Waals surface area contributed by atoms with Crippen molar-refractivity contribution in [1.82, 2.24) is 9.03 Å². The van der Waals surface area contributed by atoms with Crippen LogP contribution in [0.4, 0.5) is 0 Å². The molecule has 2 N–H and O–H groups in total. The number of hydrogen-bond donors (Lipinski definition) is 2. The Kier molecular flexibility index (Phi) is 5.76. The summed E-state index contributed by atoms with van der Waals surface area (Å²) >= 11 is 0. The number of carboxylic acid groups (broad SMARTS) is 1. The number of hydrogen-bond acceptors (Lipinski definition) is 3. The predicted molar refractivity (Wildman–Crippen MR) is 72.9 cm³/mol. The second kappa shape index (κ2) is 6.67. The van der Waals surface area contributed by atoms with E-state index < -0.39 is 22.2 Å². The molecular formula is C12H24N2O4S. The molecule has 0 radical (unpaired) electrons. The summed E-state index contributed by atoms with van der Waals surface area (Å²) in [5.41, 5.74) is 0. The van der Waals surface area contributed by atoms with Crippen molar-refractivity contribution >= 4 is 16.2 Å². The molecule has 112 valence electrons. The van der Waals surface area contributed by atoms with E-state index in [2.05, 4.69) is 4.72 Å². The van der Waals surface area contributed by atoms with Crippen LogP contribution in [0.5, 0.6) is 0 Å². The Bertz CT molecular complexity index is 400. The Morgan fingerprint density at radius 1 is 1.37 bits per heavy atom. The summed E-state index contributed by atoms with van der Waals surface area (Å²) in [6, 6.07) is -1.04. The van der Waals surface area contributed by atoms with Gasteiger partial charge in [0.15, 0.2) is 0 Å². The van der Waals surface area contributed by atoms with Crippen LogP contribution in [-0.2, 0) is 15.0 Å². The first-order valence-corrected chi connectivity index (χ1v) is 8.20. The first-order chi connectivity index (χ1) is 8.76. The third-order valence-corrected chi connectivity index (χ3v) is 4.90. The van der Waals surface area contributed by atoms with E-state index in [1.54, 1.807) is 0 Å². The summed E-state index contributed by atoms with van der Waals surface area (Å²) in [5, 5.41) is 9.02. The van der Waals surface area contributed by atoms with E-state index in [9.17, 15) is 13.2 Å². The SMILES string of the molecule is CCCC(NS(=O)(=O)N1CC(C)CC(C)C1)C(=O)O. The van der Waals surface area contributed by atoms with Crippen molar-refractivity contribution in [3.8, 4) is 0 Å². The van der Waals surface area contributed by atoms with Gasteiger partial charge < -0.3 is 5.11 Å². The van der Waals surface area contributed by atoms with Gasteiger partial charge in [-0.2, -0.15) is 17.4 Å². The lowest BCUT2D eigenvalue weighted by atomic mass is 9.94. The largest absolute Gasteiger partial charge is 0.480 e. The van der Waals surface area contributed by atoms with Gasteiger partial charge >= 0.3 is 5.97 Å². The fourth-order valence-corrected chi connectivity index (χ4v) is 4.21. The average molecular weight is 292 g/mol. The summed E-state index contributed by atoms with van der Waals surface area (Å²) in [4.78, 5) is 11.0. The fourth-order valence-electron chi connectivity index (χ4n) is 2.58. The molecule has 19 heavy (non-hydrogen) atoms. The molecule has 1 aliphatic heterocycles. The zero-order valence-corrected chi connectivity index (χ0v) is 12.6. The molecule has 1 fully saturated rings. The minimum Gasteiger partial charge on any atom is -0.480 e. The maximum absolute atomic E-state index is 12.2. The lowest BCUT2D eigenvalue weighted by Crippen LogP contribution is -2.52. The Morgan fingerprint density at radius 3 is 2.32 bits per heavy atom. The summed E-state index contributed by atoms with van der Waals surface area (Å²) in [6.07, 6.45) is 1.92. The minimum absolute atomic E-state index is 0.299. The average Bonchev–Trinajstić information content (AvgIpc) is 2.26. The number of carboxylic acids is 1. The van der Waals surface area contributed by atoms with Crippen molar-refractivity contribution in [2.24, 2.45) is 11.8 Å². The van der Waals surface area contributed by atoms with Crippen LogP contribution in [0.2, 0.25) is 0 Å². The minimum atomic E-state index is -3.71. The Morgan fingerprint density at radius 2 is 1.89 bits per heavy atom. The molecule has 3 atom stereocenters. The first kappa shape index (κ1) is 16.4. The van der Waals surface area contributed by atoms with Gasteiger partial charge in [0.1, 0.15) is 6.04 Å². The number of aliphatic carboxylic acids is 1. The normalized spacial score (nSPS) is 27.1. The Labute approximate surface area is 115 Å². The van der Waals surface area contributed by atoms with Crippen LogP contribution in [0.15, 0.2) is 0 Å². The van der Waals surface area contributed by atoms with E-state index in [1.807, 2.05) is 20.8 Å². The third-order valence-electron chi connectivity index (χ3n) is 3.34. The molecule has 0 spiro atoms. The first-order valence-electron chi connectivity index (χ1n) is 6.76. The molecule has 1 saturated heterocycles. The lowest BCUT2D eigenvalue weighted by molar-refractivity contribution is -0.139. The molecular weight excluding hydrogens is 268 g/mol. The maximum atomic E-state index is 12.2. The van der Waals surface area contributed by atoms with Gasteiger partial charge in [0.25, 0.3) is 10.2 Å². The van der Waals surface area contributed by atoms with Crippen LogP contribution < -0.4 is 4.72 Å². The molecule has 0 aliphatic carbocycles. The molecule has 3 unspecified atom stereocenters. The molecule has 0 aromatic carbocycles. The van der Waals surface area contributed by atoms with E-state index in [4.69, 9.17) is 5.11 Å². The van der Waals surface area contributed by atoms with Crippen molar-refractivity contribution in [2.75, 3.05) is 13.1 Å². The van der Waals surface area contributed by atoms with Gasteiger partial charge in [-0.1, -0.05) is 27.2 Å². The van der Waals surface area contributed by atoms with Crippen molar-refractivity contribution < 1.29 is 18.3 Å². The fraction of sp³-hybridized carbons (Fsp3) is 0.917. The van der Waals surface area contributed by atoms with E-state index in [1.165, 1.54) is 4.31 Å². The topological polar surface area (TPSA) is 86.7 Å².